The van der Waals surface area contributed by atoms with Crippen LogP contribution in [0.1, 0.15) is 90.4 Å². The Bertz CT molecular complexity index is 266. The first-order valence-corrected chi connectivity index (χ1v) is 8.46. The molecule has 0 aliphatic heterocycles. The van der Waals surface area contributed by atoms with Gasteiger partial charge in [-0.2, -0.15) is 0 Å². The van der Waals surface area contributed by atoms with Gasteiger partial charge in [-0.05, 0) is 19.3 Å². The van der Waals surface area contributed by atoms with Crippen LogP contribution in [0, 0.1) is 5.92 Å². The maximum atomic E-state index is 13.0. The van der Waals surface area contributed by atoms with E-state index in [9.17, 15) is 13.6 Å². The molecule has 0 amide bonds. The first-order chi connectivity index (χ1) is 9.55. The maximum absolute atomic E-state index is 13.0. The van der Waals surface area contributed by atoms with Crippen molar-refractivity contribution >= 4 is 5.78 Å². The van der Waals surface area contributed by atoms with Crippen molar-refractivity contribution in [2.45, 2.75) is 96.3 Å². The number of carbonyl (C=O) groups is 1. The van der Waals surface area contributed by atoms with E-state index >= 15 is 0 Å². The molecule has 0 unspecified atom stereocenters. The summed E-state index contributed by atoms with van der Waals surface area (Å²) in [5.41, 5.74) is 0. The van der Waals surface area contributed by atoms with Crippen molar-refractivity contribution in [3.05, 3.63) is 0 Å². The number of halogens is 2. The summed E-state index contributed by atoms with van der Waals surface area (Å²) in [6.07, 6.45) is 11.0. The van der Waals surface area contributed by atoms with Crippen molar-refractivity contribution in [3.8, 4) is 0 Å². The summed E-state index contributed by atoms with van der Waals surface area (Å²) in [4.78, 5) is 11.9. The summed E-state index contributed by atoms with van der Waals surface area (Å²) >= 11 is 0. The lowest BCUT2D eigenvalue weighted by Crippen LogP contribution is -2.28. The maximum Gasteiger partial charge on any atom is 0.248 e. The molecule has 20 heavy (non-hydrogen) atoms. The summed E-state index contributed by atoms with van der Waals surface area (Å²) < 4.78 is 26.0. The van der Waals surface area contributed by atoms with Crippen LogP contribution in [-0.2, 0) is 4.79 Å². The summed E-state index contributed by atoms with van der Waals surface area (Å²) in [5.74, 6) is -2.37. The molecule has 0 aromatic carbocycles. The fraction of sp³-hybridized carbons (Fsp3) is 0.941. The van der Waals surface area contributed by atoms with Crippen LogP contribution < -0.4 is 0 Å². The Hall–Kier alpha value is -0.470. The van der Waals surface area contributed by atoms with Gasteiger partial charge in [0, 0.05) is 25.2 Å². The lowest BCUT2D eigenvalue weighted by atomic mass is 9.83. The molecule has 0 N–H and O–H groups in total. The topological polar surface area (TPSA) is 17.1 Å². The predicted molar refractivity (Wildman–Crippen MR) is 79.1 cm³/mol. The standard InChI is InChI=1S/C17H30F2O/c1-2-3-4-5-6-7-8-9-10-16(20)15-11-13-17(18,19)14-12-15/h15H,2-14H2,1H3. The van der Waals surface area contributed by atoms with E-state index in [1.165, 1.54) is 38.5 Å². The number of rotatable bonds is 10. The van der Waals surface area contributed by atoms with Gasteiger partial charge in [0.2, 0.25) is 5.92 Å². The quantitative estimate of drug-likeness (QED) is 0.456. The van der Waals surface area contributed by atoms with Crippen LogP contribution in [-0.4, -0.2) is 11.7 Å². The van der Waals surface area contributed by atoms with Crippen molar-refractivity contribution in [3.63, 3.8) is 0 Å². The number of Topliss-reactive ketones (excluding diaryl/α,β-unsaturated/α-hetero) is 1. The summed E-state index contributed by atoms with van der Waals surface area (Å²) in [5, 5.41) is 0. The molecule has 0 radical (unpaired) electrons. The largest absolute Gasteiger partial charge is 0.299 e. The molecule has 1 aliphatic carbocycles. The van der Waals surface area contributed by atoms with E-state index in [0.717, 1.165) is 12.8 Å². The molecule has 0 saturated heterocycles. The van der Waals surface area contributed by atoms with Crippen molar-refractivity contribution in [1.82, 2.24) is 0 Å². The fourth-order valence-corrected chi connectivity index (χ4v) is 3.00. The number of ketones is 1. The monoisotopic (exact) mass is 288 g/mol. The normalized spacial score (nSPS) is 19.1. The second kappa shape index (κ2) is 9.46. The zero-order valence-corrected chi connectivity index (χ0v) is 12.9. The molecule has 118 valence electrons. The van der Waals surface area contributed by atoms with E-state index < -0.39 is 5.92 Å². The zero-order valence-electron chi connectivity index (χ0n) is 12.9. The average molecular weight is 288 g/mol. The third kappa shape index (κ3) is 7.35. The predicted octanol–water partition coefficient (Wildman–Crippen LogP) is 5.91. The van der Waals surface area contributed by atoms with Gasteiger partial charge in [0.15, 0.2) is 0 Å². The minimum atomic E-state index is -2.52. The fourth-order valence-electron chi connectivity index (χ4n) is 3.00. The van der Waals surface area contributed by atoms with Gasteiger partial charge < -0.3 is 0 Å². The van der Waals surface area contributed by atoms with E-state index in [2.05, 4.69) is 6.92 Å². The first kappa shape index (κ1) is 17.6. The third-order valence-corrected chi connectivity index (χ3v) is 4.45. The van der Waals surface area contributed by atoms with Crippen LogP contribution in [0.5, 0.6) is 0 Å². The van der Waals surface area contributed by atoms with Crippen LogP contribution in [0.25, 0.3) is 0 Å². The molecule has 1 rings (SSSR count). The Labute approximate surface area is 122 Å². The van der Waals surface area contributed by atoms with Gasteiger partial charge in [0.25, 0.3) is 0 Å². The highest BCUT2D eigenvalue weighted by molar-refractivity contribution is 5.81. The van der Waals surface area contributed by atoms with Gasteiger partial charge in [-0.25, -0.2) is 8.78 Å². The molecule has 0 aromatic heterocycles. The van der Waals surface area contributed by atoms with Gasteiger partial charge >= 0.3 is 0 Å². The van der Waals surface area contributed by atoms with Crippen LogP contribution in [0.15, 0.2) is 0 Å². The minimum Gasteiger partial charge on any atom is -0.299 e. The second-order valence-electron chi connectivity index (χ2n) is 6.32. The van der Waals surface area contributed by atoms with Gasteiger partial charge in [0.1, 0.15) is 5.78 Å². The number of unbranched alkanes of at least 4 members (excludes halogenated alkanes) is 7. The lowest BCUT2D eigenvalue weighted by molar-refractivity contribution is -0.127. The van der Waals surface area contributed by atoms with Gasteiger partial charge in [-0.15, -0.1) is 0 Å². The number of hydrogen-bond donors (Lipinski definition) is 0. The highest BCUT2D eigenvalue weighted by Gasteiger charge is 2.36. The number of carbonyl (C=O) groups excluding carboxylic acids is 1. The Morgan fingerprint density at radius 3 is 2.00 bits per heavy atom. The average Bonchev–Trinajstić information content (AvgIpc) is 2.41. The molecule has 0 atom stereocenters. The van der Waals surface area contributed by atoms with Crippen molar-refractivity contribution in [1.29, 1.82) is 0 Å². The number of hydrogen-bond acceptors (Lipinski definition) is 1. The Kier molecular flexibility index (Phi) is 8.32. The lowest BCUT2D eigenvalue weighted by Gasteiger charge is -2.27. The van der Waals surface area contributed by atoms with Crippen LogP contribution in [0.3, 0.4) is 0 Å². The highest BCUT2D eigenvalue weighted by atomic mass is 19.3. The molecule has 0 heterocycles. The number of alkyl halides is 2. The van der Waals surface area contributed by atoms with Crippen LogP contribution >= 0.6 is 0 Å². The smallest absolute Gasteiger partial charge is 0.248 e. The third-order valence-electron chi connectivity index (χ3n) is 4.45. The molecular weight excluding hydrogens is 258 g/mol. The first-order valence-electron chi connectivity index (χ1n) is 8.46. The SMILES string of the molecule is CCCCCCCCCCC(=O)C1CCC(F)(F)CC1. The molecule has 3 heteroatoms. The van der Waals surface area contributed by atoms with E-state index in [-0.39, 0.29) is 24.5 Å². The van der Waals surface area contributed by atoms with Gasteiger partial charge in [-0.3, -0.25) is 4.79 Å². The van der Waals surface area contributed by atoms with Crippen molar-refractivity contribution < 1.29 is 13.6 Å². The van der Waals surface area contributed by atoms with E-state index in [4.69, 9.17) is 0 Å². The molecule has 0 bridgehead atoms. The van der Waals surface area contributed by atoms with Crippen molar-refractivity contribution in [2.24, 2.45) is 5.92 Å². The summed E-state index contributed by atoms with van der Waals surface area (Å²) in [6, 6.07) is 0. The van der Waals surface area contributed by atoms with Gasteiger partial charge in [-0.1, -0.05) is 51.9 Å². The van der Waals surface area contributed by atoms with E-state index in [1.807, 2.05) is 0 Å². The molecule has 1 nitrogen and oxygen atoms in total. The van der Waals surface area contributed by atoms with E-state index in [0.29, 0.717) is 19.3 Å². The molecule has 1 fully saturated rings. The highest BCUT2D eigenvalue weighted by Crippen LogP contribution is 2.36. The molecule has 1 saturated carbocycles. The van der Waals surface area contributed by atoms with Crippen LogP contribution in [0.4, 0.5) is 8.78 Å². The summed E-state index contributed by atoms with van der Waals surface area (Å²) in [7, 11) is 0. The summed E-state index contributed by atoms with van der Waals surface area (Å²) in [6.45, 7) is 2.22. The Morgan fingerprint density at radius 1 is 0.950 bits per heavy atom. The molecule has 0 aromatic rings. The molecule has 1 aliphatic rings. The molecule has 0 spiro atoms. The second-order valence-corrected chi connectivity index (χ2v) is 6.32. The van der Waals surface area contributed by atoms with Crippen LogP contribution in [0.2, 0.25) is 0 Å². The molecular formula is C17H30F2O. The van der Waals surface area contributed by atoms with Crippen molar-refractivity contribution in [2.75, 3.05) is 0 Å². The zero-order chi connectivity index (χ0) is 14.8. The minimum absolute atomic E-state index is 0.0841. The Morgan fingerprint density at radius 2 is 1.45 bits per heavy atom. The Balaban J connectivity index is 1.98. The van der Waals surface area contributed by atoms with Gasteiger partial charge in [0.05, 0.1) is 0 Å². The van der Waals surface area contributed by atoms with E-state index in [1.54, 1.807) is 0 Å².